The molecule has 1 aromatic rings. The summed E-state index contributed by atoms with van der Waals surface area (Å²) < 4.78 is 2.16. The lowest BCUT2D eigenvalue weighted by Crippen LogP contribution is -2.38. The first-order chi connectivity index (χ1) is 8.72. The Bertz CT molecular complexity index is 333. The number of halogens is 1. The number of rotatable bonds is 7. The molecular formula is C14H27IN4. The van der Waals surface area contributed by atoms with Crippen LogP contribution in [0.1, 0.15) is 27.2 Å². The molecular weight excluding hydrogens is 351 g/mol. The van der Waals surface area contributed by atoms with E-state index in [0.29, 0.717) is 5.92 Å². The summed E-state index contributed by atoms with van der Waals surface area (Å²) in [6, 6.07) is 4.09. The minimum absolute atomic E-state index is 0. The van der Waals surface area contributed by atoms with Crippen LogP contribution in [0.15, 0.2) is 29.5 Å². The van der Waals surface area contributed by atoms with Crippen LogP contribution >= 0.6 is 24.0 Å². The molecule has 1 aromatic heterocycles. The van der Waals surface area contributed by atoms with Gasteiger partial charge in [0.05, 0.1) is 0 Å². The minimum Gasteiger partial charge on any atom is -0.357 e. The lowest BCUT2D eigenvalue weighted by Gasteiger charge is -2.12. The van der Waals surface area contributed by atoms with Gasteiger partial charge in [-0.15, -0.1) is 24.0 Å². The van der Waals surface area contributed by atoms with Crippen LogP contribution in [0.5, 0.6) is 0 Å². The Morgan fingerprint density at radius 1 is 1.21 bits per heavy atom. The molecule has 2 N–H and O–H groups in total. The van der Waals surface area contributed by atoms with Gasteiger partial charge in [-0.25, -0.2) is 0 Å². The van der Waals surface area contributed by atoms with Gasteiger partial charge in [-0.05, 0) is 31.4 Å². The van der Waals surface area contributed by atoms with Crippen LogP contribution in [0.2, 0.25) is 0 Å². The number of hydrogen-bond donors (Lipinski definition) is 2. The predicted octanol–water partition coefficient (Wildman–Crippen LogP) is 2.71. The first kappa shape index (κ1) is 18.3. The molecule has 1 heterocycles. The summed E-state index contributed by atoms with van der Waals surface area (Å²) in [6.45, 7) is 10.2. The average molecular weight is 378 g/mol. The maximum Gasteiger partial charge on any atom is 0.191 e. The Balaban J connectivity index is 0.00000324. The Morgan fingerprint density at radius 3 is 2.47 bits per heavy atom. The molecule has 0 spiro atoms. The average Bonchev–Trinajstić information content (AvgIpc) is 2.81. The first-order valence-electron chi connectivity index (χ1n) is 6.85. The van der Waals surface area contributed by atoms with Crippen molar-refractivity contribution in [1.29, 1.82) is 0 Å². The molecule has 110 valence electrons. The molecule has 0 aliphatic carbocycles. The van der Waals surface area contributed by atoms with Gasteiger partial charge in [-0.1, -0.05) is 13.8 Å². The molecule has 5 heteroatoms. The Kier molecular flexibility index (Phi) is 10.7. The zero-order valence-corrected chi connectivity index (χ0v) is 14.6. The van der Waals surface area contributed by atoms with E-state index in [1.54, 1.807) is 0 Å². The third-order valence-corrected chi connectivity index (χ3v) is 2.65. The third-order valence-electron chi connectivity index (χ3n) is 2.65. The van der Waals surface area contributed by atoms with Crippen molar-refractivity contribution in [3.63, 3.8) is 0 Å². The zero-order valence-electron chi connectivity index (χ0n) is 12.2. The highest BCUT2D eigenvalue weighted by molar-refractivity contribution is 14.0. The fraction of sp³-hybridized carbons (Fsp3) is 0.643. The molecule has 0 aliphatic rings. The summed E-state index contributed by atoms with van der Waals surface area (Å²) in [5, 5.41) is 6.62. The molecule has 0 amide bonds. The zero-order chi connectivity index (χ0) is 13.2. The molecule has 4 nitrogen and oxygen atoms in total. The van der Waals surface area contributed by atoms with Crippen molar-refractivity contribution in [3.8, 4) is 0 Å². The summed E-state index contributed by atoms with van der Waals surface area (Å²) in [6.07, 6.45) is 5.28. The summed E-state index contributed by atoms with van der Waals surface area (Å²) in [5.74, 6) is 1.63. The summed E-state index contributed by atoms with van der Waals surface area (Å²) in [7, 11) is 0. The molecule has 19 heavy (non-hydrogen) atoms. The maximum absolute atomic E-state index is 4.56. The van der Waals surface area contributed by atoms with E-state index >= 15 is 0 Å². The van der Waals surface area contributed by atoms with Gasteiger partial charge in [-0.2, -0.15) is 0 Å². The second-order valence-electron chi connectivity index (χ2n) is 4.79. The van der Waals surface area contributed by atoms with Crippen molar-refractivity contribution in [1.82, 2.24) is 15.2 Å². The number of guanidine groups is 1. The van der Waals surface area contributed by atoms with E-state index < -0.39 is 0 Å². The molecule has 0 saturated carbocycles. The van der Waals surface area contributed by atoms with Crippen LogP contribution < -0.4 is 10.6 Å². The number of nitrogens with one attached hydrogen (secondary N) is 2. The highest BCUT2D eigenvalue weighted by Crippen LogP contribution is 1.98. The molecule has 0 aromatic carbocycles. The Hall–Kier alpha value is -0.720. The van der Waals surface area contributed by atoms with Crippen molar-refractivity contribution in [2.24, 2.45) is 10.9 Å². The second-order valence-corrected chi connectivity index (χ2v) is 4.79. The number of hydrogen-bond acceptors (Lipinski definition) is 1. The van der Waals surface area contributed by atoms with Gasteiger partial charge in [0, 0.05) is 38.6 Å². The number of aliphatic imine (C=N–C) groups is 1. The van der Waals surface area contributed by atoms with Gasteiger partial charge >= 0.3 is 0 Å². The van der Waals surface area contributed by atoms with Crippen LogP contribution in [-0.4, -0.2) is 30.2 Å². The lowest BCUT2D eigenvalue weighted by molar-refractivity contribution is 0.593. The van der Waals surface area contributed by atoms with Crippen LogP contribution in [0.25, 0.3) is 0 Å². The van der Waals surface area contributed by atoms with Gasteiger partial charge in [0.1, 0.15) is 0 Å². The highest BCUT2D eigenvalue weighted by Gasteiger charge is 1.97. The smallest absolute Gasteiger partial charge is 0.191 e. The van der Waals surface area contributed by atoms with E-state index in [4.69, 9.17) is 0 Å². The SMILES string of the molecule is CCNC(=NCCC(C)C)NCCn1cccc1.I. The fourth-order valence-corrected chi connectivity index (χ4v) is 1.60. The quantitative estimate of drug-likeness (QED) is 0.435. The van der Waals surface area contributed by atoms with Gasteiger partial charge in [0.25, 0.3) is 0 Å². The topological polar surface area (TPSA) is 41.4 Å². The van der Waals surface area contributed by atoms with Gasteiger partial charge in [-0.3, -0.25) is 4.99 Å². The van der Waals surface area contributed by atoms with Gasteiger partial charge in [0.2, 0.25) is 0 Å². The van der Waals surface area contributed by atoms with Gasteiger partial charge in [0.15, 0.2) is 5.96 Å². The molecule has 0 saturated heterocycles. The van der Waals surface area contributed by atoms with Crippen LogP contribution in [0.4, 0.5) is 0 Å². The molecule has 0 aliphatic heterocycles. The van der Waals surface area contributed by atoms with Crippen LogP contribution in [0.3, 0.4) is 0 Å². The highest BCUT2D eigenvalue weighted by atomic mass is 127. The largest absolute Gasteiger partial charge is 0.357 e. The normalized spacial score (nSPS) is 11.3. The van der Waals surface area contributed by atoms with Crippen molar-refractivity contribution in [3.05, 3.63) is 24.5 Å². The van der Waals surface area contributed by atoms with Crippen molar-refractivity contribution >= 4 is 29.9 Å². The van der Waals surface area contributed by atoms with E-state index in [0.717, 1.165) is 38.6 Å². The van der Waals surface area contributed by atoms with E-state index in [1.165, 1.54) is 0 Å². The Morgan fingerprint density at radius 2 is 1.89 bits per heavy atom. The first-order valence-corrected chi connectivity index (χ1v) is 6.85. The number of aromatic nitrogens is 1. The lowest BCUT2D eigenvalue weighted by atomic mass is 10.1. The minimum atomic E-state index is 0. The molecule has 0 fully saturated rings. The van der Waals surface area contributed by atoms with Gasteiger partial charge < -0.3 is 15.2 Å². The number of nitrogens with zero attached hydrogens (tertiary/aromatic N) is 2. The molecule has 0 radical (unpaired) electrons. The standard InChI is InChI=1S/C14H26N4.HI/c1-4-15-14(16-8-7-13(2)3)17-9-12-18-10-5-6-11-18;/h5-6,10-11,13H,4,7-9,12H2,1-3H3,(H2,15,16,17);1H. The van der Waals surface area contributed by atoms with Crippen molar-refractivity contribution < 1.29 is 0 Å². The summed E-state index contributed by atoms with van der Waals surface area (Å²) >= 11 is 0. The molecule has 0 unspecified atom stereocenters. The summed E-state index contributed by atoms with van der Waals surface area (Å²) in [5.41, 5.74) is 0. The Labute approximate surface area is 134 Å². The molecule has 1 rings (SSSR count). The fourth-order valence-electron chi connectivity index (χ4n) is 1.60. The van der Waals surface area contributed by atoms with Crippen molar-refractivity contribution in [2.45, 2.75) is 33.7 Å². The van der Waals surface area contributed by atoms with Crippen LogP contribution in [-0.2, 0) is 6.54 Å². The van der Waals surface area contributed by atoms with Crippen molar-refractivity contribution in [2.75, 3.05) is 19.6 Å². The van der Waals surface area contributed by atoms with E-state index in [1.807, 2.05) is 12.1 Å². The van der Waals surface area contributed by atoms with E-state index in [9.17, 15) is 0 Å². The predicted molar refractivity (Wildman–Crippen MR) is 93.3 cm³/mol. The van der Waals surface area contributed by atoms with E-state index in [-0.39, 0.29) is 24.0 Å². The molecule has 0 atom stereocenters. The summed E-state index contributed by atoms with van der Waals surface area (Å²) in [4.78, 5) is 4.56. The van der Waals surface area contributed by atoms with E-state index in [2.05, 4.69) is 53.4 Å². The maximum atomic E-state index is 4.56. The third kappa shape index (κ3) is 8.91. The van der Waals surface area contributed by atoms with Crippen LogP contribution in [0, 0.1) is 5.92 Å². The molecule has 0 bridgehead atoms. The second kappa shape index (κ2) is 11.1. The monoisotopic (exact) mass is 378 g/mol.